The predicted molar refractivity (Wildman–Crippen MR) is 46.5 cm³/mol. The van der Waals surface area contributed by atoms with E-state index in [0.717, 1.165) is 0 Å². The highest BCUT2D eigenvalue weighted by molar-refractivity contribution is 5.09. The van der Waals surface area contributed by atoms with Gasteiger partial charge in [0.15, 0.2) is 0 Å². The zero-order valence-electron chi connectivity index (χ0n) is 7.54. The molecule has 1 aromatic heterocycles. The van der Waals surface area contributed by atoms with Gasteiger partial charge in [0.25, 0.3) is 0 Å². The maximum Gasteiger partial charge on any atom is 0.0524 e. The Kier molecular flexibility index (Phi) is 2.69. The van der Waals surface area contributed by atoms with Crippen LogP contribution in [0.3, 0.4) is 0 Å². The number of aryl methyl sites for hydroxylation is 1. The van der Waals surface area contributed by atoms with E-state index in [1.165, 1.54) is 18.4 Å². The van der Waals surface area contributed by atoms with Crippen LogP contribution in [-0.2, 0) is 7.05 Å². The van der Waals surface area contributed by atoms with Crippen molar-refractivity contribution in [1.29, 1.82) is 0 Å². The van der Waals surface area contributed by atoms with E-state index >= 15 is 0 Å². The summed E-state index contributed by atoms with van der Waals surface area (Å²) in [4.78, 5) is 0. The van der Waals surface area contributed by atoms with Gasteiger partial charge in [-0.2, -0.15) is 5.10 Å². The van der Waals surface area contributed by atoms with E-state index in [1.54, 1.807) is 0 Å². The average molecular weight is 152 g/mol. The number of hydrogen-bond donors (Lipinski definition) is 0. The number of nitrogens with zero attached hydrogens (tertiary/aromatic N) is 2. The van der Waals surface area contributed by atoms with Gasteiger partial charge in [-0.3, -0.25) is 4.68 Å². The number of hydrogen-bond acceptors (Lipinski definition) is 1. The van der Waals surface area contributed by atoms with Crippen molar-refractivity contribution >= 4 is 0 Å². The van der Waals surface area contributed by atoms with Crippen molar-refractivity contribution in [1.82, 2.24) is 9.78 Å². The summed E-state index contributed by atoms with van der Waals surface area (Å²) in [6, 6.07) is 0. The topological polar surface area (TPSA) is 17.8 Å². The van der Waals surface area contributed by atoms with Gasteiger partial charge in [-0.25, -0.2) is 0 Å². The molecule has 0 fully saturated rings. The summed E-state index contributed by atoms with van der Waals surface area (Å²) in [6.07, 6.45) is 6.56. The van der Waals surface area contributed by atoms with Crippen LogP contribution in [0.5, 0.6) is 0 Å². The Labute approximate surface area is 68.2 Å². The van der Waals surface area contributed by atoms with Gasteiger partial charge in [-0.15, -0.1) is 0 Å². The SMILES string of the molecule is CCCC(C)c1cnn(C)c1. The summed E-state index contributed by atoms with van der Waals surface area (Å²) in [5.74, 6) is 0.661. The van der Waals surface area contributed by atoms with E-state index in [1.807, 2.05) is 17.9 Å². The minimum atomic E-state index is 0.661. The first-order valence-electron chi connectivity index (χ1n) is 4.22. The second kappa shape index (κ2) is 3.56. The van der Waals surface area contributed by atoms with Crippen LogP contribution < -0.4 is 0 Å². The van der Waals surface area contributed by atoms with Crippen LogP contribution >= 0.6 is 0 Å². The van der Waals surface area contributed by atoms with Crippen molar-refractivity contribution in [3.63, 3.8) is 0 Å². The highest BCUT2D eigenvalue weighted by atomic mass is 15.2. The molecule has 0 aromatic carbocycles. The van der Waals surface area contributed by atoms with E-state index in [-0.39, 0.29) is 0 Å². The van der Waals surface area contributed by atoms with Crippen molar-refractivity contribution in [2.75, 3.05) is 0 Å². The van der Waals surface area contributed by atoms with E-state index in [0.29, 0.717) is 5.92 Å². The maximum atomic E-state index is 4.14. The molecule has 0 bridgehead atoms. The van der Waals surface area contributed by atoms with Crippen LogP contribution in [0.25, 0.3) is 0 Å². The zero-order chi connectivity index (χ0) is 8.27. The van der Waals surface area contributed by atoms with Crippen LogP contribution in [-0.4, -0.2) is 9.78 Å². The van der Waals surface area contributed by atoms with Gasteiger partial charge in [-0.1, -0.05) is 20.3 Å². The Hall–Kier alpha value is -0.790. The monoisotopic (exact) mass is 152 g/mol. The fourth-order valence-corrected chi connectivity index (χ4v) is 1.29. The lowest BCUT2D eigenvalue weighted by Crippen LogP contribution is -1.90. The fourth-order valence-electron chi connectivity index (χ4n) is 1.29. The largest absolute Gasteiger partial charge is 0.276 e. The highest BCUT2D eigenvalue weighted by Crippen LogP contribution is 2.18. The Bertz CT molecular complexity index is 215. The third-order valence-electron chi connectivity index (χ3n) is 2.02. The lowest BCUT2D eigenvalue weighted by molar-refractivity contribution is 0.663. The highest BCUT2D eigenvalue weighted by Gasteiger charge is 2.04. The first-order chi connectivity index (χ1) is 5.24. The molecule has 0 aliphatic carbocycles. The van der Waals surface area contributed by atoms with Gasteiger partial charge < -0.3 is 0 Å². The first kappa shape index (κ1) is 8.31. The van der Waals surface area contributed by atoms with Gasteiger partial charge in [0.2, 0.25) is 0 Å². The molecule has 1 rings (SSSR count). The van der Waals surface area contributed by atoms with E-state index in [2.05, 4.69) is 25.1 Å². The molecular weight excluding hydrogens is 136 g/mol. The molecule has 11 heavy (non-hydrogen) atoms. The Morgan fingerprint density at radius 3 is 2.82 bits per heavy atom. The molecule has 0 spiro atoms. The van der Waals surface area contributed by atoms with Gasteiger partial charge >= 0.3 is 0 Å². The second-order valence-corrected chi connectivity index (χ2v) is 3.14. The van der Waals surface area contributed by atoms with Crippen LogP contribution in [0.2, 0.25) is 0 Å². The zero-order valence-corrected chi connectivity index (χ0v) is 7.54. The molecule has 0 amide bonds. The van der Waals surface area contributed by atoms with E-state index in [9.17, 15) is 0 Å². The smallest absolute Gasteiger partial charge is 0.0524 e. The molecule has 0 radical (unpaired) electrons. The molecule has 0 saturated carbocycles. The van der Waals surface area contributed by atoms with Crippen LogP contribution in [0.15, 0.2) is 12.4 Å². The maximum absolute atomic E-state index is 4.14. The van der Waals surface area contributed by atoms with Gasteiger partial charge in [-0.05, 0) is 17.9 Å². The molecule has 1 heterocycles. The molecular formula is C9H16N2. The molecule has 2 heteroatoms. The van der Waals surface area contributed by atoms with Crippen molar-refractivity contribution in [2.45, 2.75) is 32.6 Å². The van der Waals surface area contributed by atoms with Crippen LogP contribution in [0.4, 0.5) is 0 Å². The van der Waals surface area contributed by atoms with Crippen molar-refractivity contribution in [2.24, 2.45) is 7.05 Å². The summed E-state index contributed by atoms with van der Waals surface area (Å²) in [7, 11) is 1.96. The number of aromatic nitrogens is 2. The third-order valence-corrected chi connectivity index (χ3v) is 2.02. The molecule has 0 N–H and O–H groups in total. The van der Waals surface area contributed by atoms with Gasteiger partial charge in [0.1, 0.15) is 0 Å². The second-order valence-electron chi connectivity index (χ2n) is 3.14. The normalized spacial score (nSPS) is 13.4. The summed E-state index contributed by atoms with van der Waals surface area (Å²) in [5, 5.41) is 4.14. The van der Waals surface area contributed by atoms with Crippen LogP contribution in [0.1, 0.15) is 38.2 Å². The lowest BCUT2D eigenvalue weighted by atomic mass is 10.0. The lowest BCUT2D eigenvalue weighted by Gasteiger charge is -2.05. The third kappa shape index (κ3) is 2.07. The minimum absolute atomic E-state index is 0.661. The van der Waals surface area contributed by atoms with Gasteiger partial charge in [0.05, 0.1) is 6.20 Å². The minimum Gasteiger partial charge on any atom is -0.276 e. The summed E-state index contributed by atoms with van der Waals surface area (Å²) in [5.41, 5.74) is 1.36. The summed E-state index contributed by atoms with van der Waals surface area (Å²) >= 11 is 0. The summed E-state index contributed by atoms with van der Waals surface area (Å²) < 4.78 is 1.86. The Morgan fingerprint density at radius 1 is 1.64 bits per heavy atom. The molecule has 0 aliphatic rings. The molecule has 0 aliphatic heterocycles. The Morgan fingerprint density at radius 2 is 2.36 bits per heavy atom. The van der Waals surface area contributed by atoms with Gasteiger partial charge in [0, 0.05) is 13.2 Å². The Balaban J connectivity index is 2.60. The molecule has 1 atom stereocenters. The average Bonchev–Trinajstić information content (AvgIpc) is 2.36. The quantitative estimate of drug-likeness (QED) is 0.650. The molecule has 1 unspecified atom stereocenters. The summed E-state index contributed by atoms with van der Waals surface area (Å²) in [6.45, 7) is 4.47. The van der Waals surface area contributed by atoms with E-state index in [4.69, 9.17) is 0 Å². The first-order valence-corrected chi connectivity index (χ1v) is 4.22. The fraction of sp³-hybridized carbons (Fsp3) is 0.667. The molecule has 1 aromatic rings. The predicted octanol–water partition coefficient (Wildman–Crippen LogP) is 2.32. The number of rotatable bonds is 3. The van der Waals surface area contributed by atoms with Crippen molar-refractivity contribution in [3.05, 3.63) is 18.0 Å². The van der Waals surface area contributed by atoms with Crippen molar-refractivity contribution in [3.8, 4) is 0 Å². The molecule has 0 saturated heterocycles. The molecule has 2 nitrogen and oxygen atoms in total. The van der Waals surface area contributed by atoms with Crippen molar-refractivity contribution < 1.29 is 0 Å². The van der Waals surface area contributed by atoms with Crippen LogP contribution in [0, 0.1) is 0 Å². The van der Waals surface area contributed by atoms with E-state index < -0.39 is 0 Å². The standard InChI is InChI=1S/C9H16N2/c1-4-5-8(2)9-6-10-11(3)7-9/h6-8H,4-5H2,1-3H3. The molecule has 62 valence electrons.